The van der Waals surface area contributed by atoms with Gasteiger partial charge in [-0.3, -0.25) is 0 Å². The Morgan fingerprint density at radius 1 is 1.29 bits per heavy atom. The Bertz CT molecular complexity index is 639. The third-order valence-corrected chi connectivity index (χ3v) is 3.73. The number of amides is 2. The summed E-state index contributed by atoms with van der Waals surface area (Å²) in [6, 6.07) is 2.41. The Hall–Kier alpha value is -2.48. The number of aryl methyl sites for hydroxylation is 1. The van der Waals surface area contributed by atoms with Crippen LogP contribution in [0.2, 0.25) is 0 Å². The number of anilines is 1. The number of urea groups is 1. The number of nitrogens with one attached hydrogen (secondary N) is 2. The van der Waals surface area contributed by atoms with Crippen molar-refractivity contribution in [3.05, 3.63) is 40.1 Å². The summed E-state index contributed by atoms with van der Waals surface area (Å²) in [4.78, 5) is 31.4. The van der Waals surface area contributed by atoms with Gasteiger partial charge in [-0.1, -0.05) is 6.92 Å². The molecule has 0 saturated carbocycles. The molecule has 2 aromatic rings. The van der Waals surface area contributed by atoms with Crippen molar-refractivity contribution in [2.24, 2.45) is 0 Å². The second-order valence-corrected chi connectivity index (χ2v) is 5.32. The van der Waals surface area contributed by atoms with Gasteiger partial charge in [-0.2, -0.15) is 0 Å². The normalized spacial score (nSPS) is 10.1. The molecule has 0 aliphatic rings. The number of aromatic carboxylic acids is 1. The third-order valence-electron chi connectivity index (χ3n) is 2.59. The molecule has 7 nitrogen and oxygen atoms in total. The van der Waals surface area contributed by atoms with E-state index in [2.05, 4.69) is 20.6 Å². The van der Waals surface area contributed by atoms with Gasteiger partial charge in [0.25, 0.3) is 0 Å². The van der Waals surface area contributed by atoms with Crippen molar-refractivity contribution in [2.45, 2.75) is 19.9 Å². The van der Waals surface area contributed by atoms with Crippen LogP contribution < -0.4 is 10.6 Å². The van der Waals surface area contributed by atoms with E-state index >= 15 is 0 Å². The number of aromatic nitrogens is 2. The maximum atomic E-state index is 11.7. The van der Waals surface area contributed by atoms with Crippen LogP contribution in [0.1, 0.15) is 27.3 Å². The molecule has 0 aliphatic heterocycles. The average Bonchev–Trinajstić information content (AvgIpc) is 2.94. The molecule has 0 radical (unpaired) electrons. The Kier molecular flexibility index (Phi) is 4.83. The number of hydrogen-bond acceptors (Lipinski definition) is 5. The van der Waals surface area contributed by atoms with Crippen molar-refractivity contribution in [3.8, 4) is 0 Å². The quantitative estimate of drug-likeness (QED) is 0.785. The molecule has 0 atom stereocenters. The minimum Gasteiger partial charge on any atom is -0.477 e. The molecule has 0 unspecified atom stereocenters. The number of carboxylic acid groups (broad SMARTS) is 1. The molecule has 8 heteroatoms. The lowest BCUT2D eigenvalue weighted by Gasteiger charge is -2.06. The molecule has 0 saturated heterocycles. The molecular formula is C13H14N4O3S. The van der Waals surface area contributed by atoms with Crippen LogP contribution in [0.15, 0.2) is 24.5 Å². The SMILES string of the molecule is CCc1cnc(CNC(=O)Nc2ccc(C(=O)O)nc2)s1. The van der Waals surface area contributed by atoms with Crippen LogP contribution in [-0.4, -0.2) is 27.1 Å². The highest BCUT2D eigenvalue weighted by atomic mass is 32.1. The maximum absolute atomic E-state index is 11.7. The van der Waals surface area contributed by atoms with Gasteiger partial charge < -0.3 is 15.7 Å². The van der Waals surface area contributed by atoms with E-state index in [4.69, 9.17) is 5.11 Å². The van der Waals surface area contributed by atoms with Gasteiger partial charge in [-0.25, -0.2) is 19.6 Å². The topological polar surface area (TPSA) is 104 Å². The van der Waals surface area contributed by atoms with Crippen molar-refractivity contribution in [3.63, 3.8) is 0 Å². The number of carboxylic acids is 1. The number of pyridine rings is 1. The molecular weight excluding hydrogens is 292 g/mol. The van der Waals surface area contributed by atoms with Crippen molar-refractivity contribution in [1.29, 1.82) is 0 Å². The minimum absolute atomic E-state index is 0.0733. The fraction of sp³-hybridized carbons (Fsp3) is 0.231. The molecule has 0 bridgehead atoms. The standard InChI is InChI=1S/C13H14N4O3S/c1-2-9-6-15-11(21-9)7-16-13(20)17-8-3-4-10(12(18)19)14-5-8/h3-6H,2,7H2,1H3,(H,18,19)(H2,16,17,20). The average molecular weight is 306 g/mol. The van der Waals surface area contributed by atoms with Gasteiger partial charge in [0.05, 0.1) is 18.4 Å². The second kappa shape index (κ2) is 6.80. The van der Waals surface area contributed by atoms with E-state index in [0.29, 0.717) is 12.2 Å². The zero-order valence-corrected chi connectivity index (χ0v) is 12.1. The van der Waals surface area contributed by atoms with Crippen molar-refractivity contribution >= 4 is 29.0 Å². The summed E-state index contributed by atoms with van der Waals surface area (Å²) in [6.45, 7) is 2.39. The lowest BCUT2D eigenvalue weighted by molar-refractivity contribution is 0.0690. The first kappa shape index (κ1) is 14.9. The van der Waals surface area contributed by atoms with E-state index in [1.165, 1.54) is 23.2 Å². The molecule has 2 amide bonds. The molecule has 0 spiro atoms. The number of carbonyl (C=O) groups is 2. The van der Waals surface area contributed by atoms with E-state index in [9.17, 15) is 9.59 Å². The lowest BCUT2D eigenvalue weighted by atomic mass is 10.3. The monoisotopic (exact) mass is 306 g/mol. The molecule has 0 fully saturated rings. The highest BCUT2D eigenvalue weighted by molar-refractivity contribution is 7.11. The van der Waals surface area contributed by atoms with Crippen molar-refractivity contribution in [1.82, 2.24) is 15.3 Å². The summed E-state index contributed by atoms with van der Waals surface area (Å²) in [5.41, 5.74) is 0.349. The first-order valence-electron chi connectivity index (χ1n) is 6.26. The van der Waals surface area contributed by atoms with E-state index in [0.717, 1.165) is 11.4 Å². The maximum Gasteiger partial charge on any atom is 0.354 e. The number of thiazole rings is 1. The van der Waals surface area contributed by atoms with Gasteiger partial charge in [-0.15, -0.1) is 11.3 Å². The molecule has 2 heterocycles. The van der Waals surface area contributed by atoms with Crippen molar-refractivity contribution in [2.75, 3.05) is 5.32 Å². The van der Waals surface area contributed by atoms with Crippen LogP contribution in [0, 0.1) is 0 Å². The third kappa shape index (κ3) is 4.25. The highest BCUT2D eigenvalue weighted by Crippen LogP contribution is 2.13. The van der Waals surface area contributed by atoms with Crippen LogP contribution in [0.3, 0.4) is 0 Å². The van der Waals surface area contributed by atoms with Crippen LogP contribution in [0.4, 0.5) is 10.5 Å². The number of nitrogens with zero attached hydrogens (tertiary/aromatic N) is 2. The molecule has 110 valence electrons. The van der Waals surface area contributed by atoms with Gasteiger partial charge in [-0.05, 0) is 18.6 Å². The molecule has 2 rings (SSSR count). The Balaban J connectivity index is 1.85. The molecule has 21 heavy (non-hydrogen) atoms. The van der Waals surface area contributed by atoms with E-state index < -0.39 is 12.0 Å². The predicted molar refractivity (Wildman–Crippen MR) is 78.5 cm³/mol. The molecule has 3 N–H and O–H groups in total. The fourth-order valence-electron chi connectivity index (χ4n) is 1.52. The number of rotatable bonds is 5. The Morgan fingerprint density at radius 2 is 2.10 bits per heavy atom. The predicted octanol–water partition coefficient (Wildman–Crippen LogP) is 2.12. The van der Waals surface area contributed by atoms with Gasteiger partial charge in [0.2, 0.25) is 0 Å². The number of carbonyl (C=O) groups excluding carboxylic acids is 1. The summed E-state index contributed by atoms with van der Waals surface area (Å²) in [6.07, 6.45) is 4.02. The highest BCUT2D eigenvalue weighted by Gasteiger charge is 2.07. The van der Waals surface area contributed by atoms with Gasteiger partial charge in [0, 0.05) is 11.1 Å². The molecule has 0 aliphatic carbocycles. The second-order valence-electron chi connectivity index (χ2n) is 4.12. The van der Waals surface area contributed by atoms with Gasteiger partial charge >= 0.3 is 12.0 Å². The van der Waals surface area contributed by atoms with E-state index in [1.54, 1.807) is 17.5 Å². The smallest absolute Gasteiger partial charge is 0.354 e. The largest absolute Gasteiger partial charge is 0.477 e. The zero-order valence-electron chi connectivity index (χ0n) is 11.3. The van der Waals surface area contributed by atoms with Crippen LogP contribution in [-0.2, 0) is 13.0 Å². The van der Waals surface area contributed by atoms with Crippen LogP contribution in [0.25, 0.3) is 0 Å². The number of hydrogen-bond donors (Lipinski definition) is 3. The molecule has 0 aromatic carbocycles. The first-order chi connectivity index (χ1) is 10.1. The summed E-state index contributed by atoms with van der Waals surface area (Å²) in [7, 11) is 0. The summed E-state index contributed by atoms with van der Waals surface area (Å²) >= 11 is 1.56. The van der Waals surface area contributed by atoms with E-state index in [-0.39, 0.29) is 5.69 Å². The summed E-state index contributed by atoms with van der Waals surface area (Å²) in [5.74, 6) is -1.11. The first-order valence-corrected chi connectivity index (χ1v) is 7.08. The Labute approximate surface area is 125 Å². The van der Waals surface area contributed by atoms with Gasteiger partial charge in [0.1, 0.15) is 10.7 Å². The van der Waals surface area contributed by atoms with E-state index in [1.807, 2.05) is 6.92 Å². The summed E-state index contributed by atoms with van der Waals surface area (Å²) < 4.78 is 0. The lowest BCUT2D eigenvalue weighted by Crippen LogP contribution is -2.28. The minimum atomic E-state index is -1.11. The van der Waals surface area contributed by atoms with Gasteiger partial charge in [0.15, 0.2) is 0 Å². The molecule has 2 aromatic heterocycles. The zero-order chi connectivity index (χ0) is 15.2. The summed E-state index contributed by atoms with van der Waals surface area (Å²) in [5, 5.41) is 14.8. The van der Waals surface area contributed by atoms with Crippen molar-refractivity contribution < 1.29 is 14.7 Å². The van der Waals surface area contributed by atoms with Crippen LogP contribution >= 0.6 is 11.3 Å². The fourth-order valence-corrected chi connectivity index (χ4v) is 2.32. The van der Waals surface area contributed by atoms with Crippen LogP contribution in [0.5, 0.6) is 0 Å². The Morgan fingerprint density at radius 3 is 2.67 bits per heavy atom.